The Morgan fingerprint density at radius 3 is 2.38 bits per heavy atom. The van der Waals surface area contributed by atoms with E-state index >= 15 is 8.78 Å². The van der Waals surface area contributed by atoms with E-state index in [2.05, 4.69) is 15.3 Å². The summed E-state index contributed by atoms with van der Waals surface area (Å²) in [6.07, 6.45) is 1.78. The first-order chi connectivity index (χ1) is 19.9. The van der Waals surface area contributed by atoms with Crippen LogP contribution in [0, 0.1) is 5.82 Å². The van der Waals surface area contributed by atoms with Gasteiger partial charge in [-0.05, 0) is 69.1 Å². The molecule has 3 heterocycles. The molecule has 0 aliphatic carbocycles. The Labute approximate surface area is 252 Å². The van der Waals surface area contributed by atoms with Crippen LogP contribution in [-0.2, 0) is 22.6 Å². The molecular weight excluding hydrogens is 589 g/mol. The number of aliphatic hydroxyl groups excluding tert-OH is 1. The van der Waals surface area contributed by atoms with E-state index in [1.54, 1.807) is 31.2 Å². The third-order valence-corrected chi connectivity index (χ3v) is 8.60. The summed E-state index contributed by atoms with van der Waals surface area (Å²) in [4.78, 5) is 24.0. The number of rotatable bonds is 9. The van der Waals surface area contributed by atoms with Gasteiger partial charge in [-0.2, -0.15) is 0 Å². The fourth-order valence-electron chi connectivity index (χ4n) is 5.99. The molecule has 0 saturated carbocycles. The van der Waals surface area contributed by atoms with Gasteiger partial charge >= 0.3 is 0 Å². The number of ether oxygens (including phenoxy) is 1. The van der Waals surface area contributed by atoms with Crippen LogP contribution in [0.4, 0.5) is 8.78 Å². The van der Waals surface area contributed by atoms with Crippen molar-refractivity contribution in [3.05, 3.63) is 92.7 Å². The molecule has 5 rings (SSSR count). The number of carbonyl (C=O) groups is 1. The molecule has 42 heavy (non-hydrogen) atoms. The predicted octanol–water partition coefficient (Wildman–Crippen LogP) is 4.87. The van der Waals surface area contributed by atoms with Gasteiger partial charge in [0.1, 0.15) is 22.9 Å². The maximum absolute atomic E-state index is 16.6. The van der Waals surface area contributed by atoms with Gasteiger partial charge < -0.3 is 20.3 Å². The Hall–Kier alpha value is -2.73. The van der Waals surface area contributed by atoms with E-state index in [-0.39, 0.29) is 60.0 Å². The smallest absolute Gasteiger partial charge is 0.257 e. The third-order valence-electron chi connectivity index (χ3n) is 8.15. The average Bonchev–Trinajstić information content (AvgIpc) is 3.21. The first-order valence-electron chi connectivity index (χ1n) is 13.8. The highest BCUT2D eigenvalue weighted by molar-refractivity contribution is 6.30. The summed E-state index contributed by atoms with van der Waals surface area (Å²) in [5, 5.41) is 25.8. The van der Waals surface area contributed by atoms with Crippen molar-refractivity contribution in [2.75, 3.05) is 19.7 Å². The van der Waals surface area contributed by atoms with E-state index in [1.165, 1.54) is 30.3 Å². The van der Waals surface area contributed by atoms with Crippen LogP contribution in [0.5, 0.6) is 0 Å². The van der Waals surface area contributed by atoms with Crippen molar-refractivity contribution in [2.45, 2.75) is 62.8 Å². The second kappa shape index (κ2) is 11.7. The molecule has 0 radical (unpaired) electrons. The lowest BCUT2D eigenvalue weighted by molar-refractivity contribution is -0.132. The normalized spacial score (nSPS) is 22.1. The van der Waals surface area contributed by atoms with Crippen molar-refractivity contribution in [3.63, 3.8) is 0 Å². The Bertz CT molecular complexity index is 1450. The number of hydrogen-bond acceptors (Lipinski definition) is 7. The summed E-state index contributed by atoms with van der Waals surface area (Å²) >= 11 is 12.1. The van der Waals surface area contributed by atoms with E-state index in [0.717, 1.165) is 6.07 Å². The average molecular weight is 622 g/mol. The number of aliphatic hydroxyl groups is 2. The summed E-state index contributed by atoms with van der Waals surface area (Å²) in [6.45, 7) is 3.34. The van der Waals surface area contributed by atoms with Gasteiger partial charge in [-0.25, -0.2) is 18.7 Å². The number of carbonyl (C=O) groups excluding carboxylic acids is 1. The van der Waals surface area contributed by atoms with Crippen LogP contribution < -0.4 is 5.32 Å². The number of fused-ring (bicyclic) bond motifs is 1. The van der Waals surface area contributed by atoms with Crippen LogP contribution in [0.15, 0.2) is 48.8 Å². The van der Waals surface area contributed by atoms with Crippen LogP contribution in [0.1, 0.15) is 66.0 Å². The van der Waals surface area contributed by atoms with Crippen molar-refractivity contribution < 1.29 is 28.5 Å². The standard InChI is InChI=1S/C30H32Cl2F2N4O4/c1-3-29(41,28(34)8-10-35-11-9-28)20-12-23-26(24(33)13-20)30(42-17-18(2)39,19-4-6-21(31)7-5-19)38(27(23)40)16-25-36-14-22(32)15-37-25/h4-7,12-15,18,35,39,41H,3,8-11,16-17H2,1-2H3/t18-,29?,30-/m1/s1. The summed E-state index contributed by atoms with van der Waals surface area (Å²) in [5.41, 5.74) is -5.90. The van der Waals surface area contributed by atoms with Crippen LogP contribution in [0.25, 0.3) is 0 Å². The first kappa shape index (κ1) is 30.7. The summed E-state index contributed by atoms with van der Waals surface area (Å²) in [6, 6.07) is 8.80. The number of amides is 1. The molecule has 224 valence electrons. The molecule has 1 fully saturated rings. The quantitative estimate of drug-likeness (QED) is 0.313. The lowest BCUT2D eigenvalue weighted by Gasteiger charge is -2.44. The third kappa shape index (κ3) is 5.18. The molecule has 2 aromatic carbocycles. The van der Waals surface area contributed by atoms with E-state index < -0.39 is 34.8 Å². The highest BCUT2D eigenvalue weighted by atomic mass is 35.5. The molecular formula is C30H32Cl2F2N4O4. The summed E-state index contributed by atoms with van der Waals surface area (Å²) in [7, 11) is 0. The summed E-state index contributed by atoms with van der Waals surface area (Å²) < 4.78 is 39.2. The van der Waals surface area contributed by atoms with Crippen molar-refractivity contribution in [2.24, 2.45) is 0 Å². The topological polar surface area (TPSA) is 108 Å². The van der Waals surface area contributed by atoms with Crippen LogP contribution in [0.2, 0.25) is 10.0 Å². The van der Waals surface area contributed by atoms with Gasteiger partial charge in [0.25, 0.3) is 5.91 Å². The molecule has 1 saturated heterocycles. The molecule has 3 aromatic rings. The maximum Gasteiger partial charge on any atom is 0.257 e. The van der Waals surface area contributed by atoms with E-state index in [1.807, 2.05) is 0 Å². The van der Waals surface area contributed by atoms with Crippen LogP contribution >= 0.6 is 23.2 Å². The molecule has 3 atom stereocenters. The van der Waals surface area contributed by atoms with Gasteiger partial charge in [-0.3, -0.25) is 9.69 Å². The SMILES string of the molecule is CCC(O)(c1cc(F)c2c(c1)C(=O)N(Cc1ncc(Cl)cn1)[C@@]2(OC[C@@H](C)O)c1ccc(Cl)cc1)C1(F)CCNCC1. The number of benzene rings is 2. The number of halogens is 4. The van der Waals surface area contributed by atoms with Gasteiger partial charge in [0.2, 0.25) is 0 Å². The number of piperidine rings is 1. The number of hydrogen-bond donors (Lipinski definition) is 3. The first-order valence-corrected chi connectivity index (χ1v) is 14.5. The van der Waals surface area contributed by atoms with E-state index in [0.29, 0.717) is 23.7 Å². The number of aromatic nitrogens is 2. The van der Waals surface area contributed by atoms with Crippen molar-refractivity contribution >= 4 is 29.1 Å². The maximum atomic E-state index is 16.6. The van der Waals surface area contributed by atoms with Gasteiger partial charge in [-0.1, -0.05) is 42.3 Å². The number of alkyl halides is 1. The highest BCUT2D eigenvalue weighted by Gasteiger charge is 2.57. The van der Waals surface area contributed by atoms with Crippen LogP contribution in [-0.4, -0.2) is 62.5 Å². The lowest BCUT2D eigenvalue weighted by Crippen LogP contribution is -2.54. The number of nitrogens with one attached hydrogen (secondary N) is 1. The van der Waals surface area contributed by atoms with Crippen molar-refractivity contribution in [3.8, 4) is 0 Å². The van der Waals surface area contributed by atoms with E-state index in [9.17, 15) is 15.0 Å². The fraction of sp³-hybridized carbons (Fsp3) is 0.433. The van der Waals surface area contributed by atoms with Gasteiger partial charge in [-0.15, -0.1) is 0 Å². The van der Waals surface area contributed by atoms with Gasteiger partial charge in [0.05, 0.1) is 35.4 Å². The van der Waals surface area contributed by atoms with Crippen molar-refractivity contribution in [1.82, 2.24) is 20.2 Å². The molecule has 1 aromatic heterocycles. The highest BCUT2D eigenvalue weighted by Crippen LogP contribution is 2.51. The van der Waals surface area contributed by atoms with Gasteiger partial charge in [0, 0.05) is 23.0 Å². The molecule has 0 bridgehead atoms. The van der Waals surface area contributed by atoms with Crippen molar-refractivity contribution in [1.29, 1.82) is 0 Å². The molecule has 1 amide bonds. The zero-order valence-electron chi connectivity index (χ0n) is 23.2. The van der Waals surface area contributed by atoms with Gasteiger partial charge in [0.15, 0.2) is 5.72 Å². The Balaban J connectivity index is 1.74. The van der Waals surface area contributed by atoms with E-state index in [4.69, 9.17) is 27.9 Å². The monoisotopic (exact) mass is 620 g/mol. The number of nitrogens with zero attached hydrogens (tertiary/aromatic N) is 3. The molecule has 2 aliphatic rings. The Morgan fingerprint density at radius 2 is 1.79 bits per heavy atom. The largest absolute Gasteiger partial charge is 0.391 e. The second-order valence-corrected chi connectivity index (χ2v) is 11.7. The zero-order valence-corrected chi connectivity index (χ0v) is 24.7. The summed E-state index contributed by atoms with van der Waals surface area (Å²) in [5.74, 6) is -1.33. The van der Waals surface area contributed by atoms with Crippen LogP contribution in [0.3, 0.4) is 0 Å². The second-order valence-electron chi connectivity index (χ2n) is 10.8. The zero-order chi connectivity index (χ0) is 30.3. The minimum Gasteiger partial charge on any atom is -0.391 e. The molecule has 12 heteroatoms. The fourth-order valence-corrected chi connectivity index (χ4v) is 6.22. The minimum absolute atomic E-state index is 0.0240. The molecule has 2 aliphatic heterocycles. The molecule has 8 nitrogen and oxygen atoms in total. The minimum atomic E-state index is -2.05. The molecule has 0 spiro atoms. The Morgan fingerprint density at radius 1 is 1.14 bits per heavy atom. The predicted molar refractivity (Wildman–Crippen MR) is 153 cm³/mol. The molecule has 3 N–H and O–H groups in total. The molecule has 1 unspecified atom stereocenters. The lowest BCUT2D eigenvalue weighted by atomic mass is 9.71. The Kier molecular flexibility index (Phi) is 8.59.